The van der Waals surface area contributed by atoms with Gasteiger partial charge in [0.15, 0.2) is 0 Å². The zero-order valence-corrected chi connectivity index (χ0v) is 14.8. The Hall–Kier alpha value is -0.530. The highest BCUT2D eigenvalue weighted by Crippen LogP contribution is 2.36. The Balaban J connectivity index is 2.96. The van der Waals surface area contributed by atoms with Gasteiger partial charge in [-0.25, -0.2) is 0 Å². The molecule has 0 radical (unpaired) electrons. The van der Waals surface area contributed by atoms with E-state index >= 15 is 0 Å². The second-order valence-corrected chi connectivity index (χ2v) is 7.99. The van der Waals surface area contributed by atoms with Gasteiger partial charge in [-0.05, 0) is 43.4 Å². The van der Waals surface area contributed by atoms with Crippen molar-refractivity contribution >= 4 is 5.91 Å². The number of amides is 1. The van der Waals surface area contributed by atoms with E-state index in [1.54, 1.807) is 0 Å². The van der Waals surface area contributed by atoms with Gasteiger partial charge >= 0.3 is 0 Å². The van der Waals surface area contributed by atoms with Crippen molar-refractivity contribution in [1.29, 1.82) is 0 Å². The fourth-order valence-electron chi connectivity index (χ4n) is 3.58. The van der Waals surface area contributed by atoms with Crippen LogP contribution in [0.2, 0.25) is 0 Å². The lowest BCUT2D eigenvalue weighted by Gasteiger charge is -2.36. The number of rotatable bonds is 5. The van der Waals surface area contributed by atoms with Crippen molar-refractivity contribution in [3.05, 3.63) is 0 Å². The van der Waals surface area contributed by atoms with Crippen LogP contribution in [0.1, 0.15) is 68.2 Å². The third-order valence-corrected chi connectivity index (χ3v) is 5.10. The Morgan fingerprint density at radius 1 is 1.10 bits per heavy atom. The van der Waals surface area contributed by atoms with Crippen molar-refractivity contribution in [3.8, 4) is 0 Å². The van der Waals surface area contributed by atoms with Crippen LogP contribution in [0.15, 0.2) is 0 Å². The second-order valence-electron chi connectivity index (χ2n) is 7.99. The second kappa shape index (κ2) is 6.95. The summed E-state index contributed by atoms with van der Waals surface area (Å²) >= 11 is 0. The largest absolute Gasteiger partial charge is 0.336 e. The first-order valence-electron chi connectivity index (χ1n) is 8.48. The summed E-state index contributed by atoms with van der Waals surface area (Å²) in [5.41, 5.74) is 0. The molecule has 20 heavy (non-hydrogen) atoms. The first-order chi connectivity index (χ1) is 9.16. The van der Waals surface area contributed by atoms with Crippen LogP contribution in [-0.4, -0.2) is 22.9 Å². The van der Waals surface area contributed by atoms with Crippen molar-refractivity contribution in [2.75, 3.05) is 0 Å². The molecule has 118 valence electrons. The molecule has 1 amide bonds. The zero-order valence-electron chi connectivity index (χ0n) is 14.8. The Morgan fingerprint density at radius 3 is 2.05 bits per heavy atom. The maximum Gasteiger partial charge on any atom is 0.226 e. The number of likely N-dealkylation sites (tertiary alicyclic amines) is 1. The lowest BCUT2D eigenvalue weighted by molar-refractivity contribution is -0.141. The predicted molar refractivity (Wildman–Crippen MR) is 86.5 cm³/mol. The van der Waals surface area contributed by atoms with Gasteiger partial charge < -0.3 is 4.90 Å². The van der Waals surface area contributed by atoms with Crippen LogP contribution in [0.5, 0.6) is 0 Å². The number of hydrogen-bond donors (Lipinski definition) is 0. The Morgan fingerprint density at radius 2 is 1.65 bits per heavy atom. The Kier molecular flexibility index (Phi) is 6.09. The van der Waals surface area contributed by atoms with Crippen LogP contribution in [0.4, 0.5) is 0 Å². The summed E-state index contributed by atoms with van der Waals surface area (Å²) in [7, 11) is 0. The molecule has 0 spiro atoms. The molecule has 1 fully saturated rings. The topological polar surface area (TPSA) is 20.3 Å². The molecule has 2 heteroatoms. The zero-order chi connectivity index (χ0) is 15.6. The summed E-state index contributed by atoms with van der Waals surface area (Å²) in [5.74, 6) is 2.78. The van der Waals surface area contributed by atoms with Crippen molar-refractivity contribution in [3.63, 3.8) is 0 Å². The summed E-state index contributed by atoms with van der Waals surface area (Å²) in [6, 6.07) is 0.823. The molecule has 0 N–H and O–H groups in total. The van der Waals surface area contributed by atoms with Gasteiger partial charge in [-0.2, -0.15) is 0 Å². The molecule has 1 saturated heterocycles. The smallest absolute Gasteiger partial charge is 0.226 e. The molecule has 0 aromatic carbocycles. The third kappa shape index (κ3) is 3.77. The van der Waals surface area contributed by atoms with Gasteiger partial charge in [-0.15, -0.1) is 0 Å². The fraction of sp³-hybridized carbons (Fsp3) is 0.944. The van der Waals surface area contributed by atoms with E-state index in [-0.39, 0.29) is 5.92 Å². The van der Waals surface area contributed by atoms with Gasteiger partial charge in [0.2, 0.25) is 5.91 Å². The average molecular weight is 281 g/mol. The fourth-order valence-corrected chi connectivity index (χ4v) is 3.58. The van der Waals surface area contributed by atoms with Crippen LogP contribution < -0.4 is 0 Å². The molecular weight excluding hydrogens is 246 g/mol. The van der Waals surface area contributed by atoms with Crippen LogP contribution >= 0.6 is 0 Å². The molecule has 2 nitrogen and oxygen atoms in total. The molecule has 0 aromatic heterocycles. The van der Waals surface area contributed by atoms with E-state index in [9.17, 15) is 4.79 Å². The van der Waals surface area contributed by atoms with Crippen molar-refractivity contribution in [2.24, 2.45) is 29.6 Å². The van der Waals surface area contributed by atoms with Crippen molar-refractivity contribution < 1.29 is 4.79 Å². The maximum atomic E-state index is 13.1. The van der Waals surface area contributed by atoms with Gasteiger partial charge in [-0.3, -0.25) is 4.79 Å². The first-order valence-corrected chi connectivity index (χ1v) is 8.48. The van der Waals surface area contributed by atoms with Gasteiger partial charge in [0, 0.05) is 18.0 Å². The highest BCUT2D eigenvalue weighted by molar-refractivity contribution is 5.80. The highest BCUT2D eigenvalue weighted by Gasteiger charge is 2.42. The first kappa shape index (κ1) is 17.5. The number of hydrogen-bond acceptors (Lipinski definition) is 1. The monoisotopic (exact) mass is 281 g/mol. The lowest BCUT2D eigenvalue weighted by atomic mass is 9.85. The molecule has 0 saturated carbocycles. The normalized spacial score (nSPS) is 28.8. The molecule has 4 atom stereocenters. The molecule has 1 aliphatic heterocycles. The van der Waals surface area contributed by atoms with Gasteiger partial charge in [0.25, 0.3) is 0 Å². The summed E-state index contributed by atoms with van der Waals surface area (Å²) in [6.45, 7) is 17.9. The van der Waals surface area contributed by atoms with Crippen molar-refractivity contribution in [2.45, 2.75) is 80.3 Å². The van der Waals surface area contributed by atoms with Gasteiger partial charge in [-0.1, -0.05) is 48.5 Å². The quantitative estimate of drug-likeness (QED) is 0.722. The summed E-state index contributed by atoms with van der Waals surface area (Å²) in [6.07, 6.45) is 2.18. The minimum atomic E-state index is 0.184. The Bertz CT molecular complexity index is 321. The maximum absolute atomic E-state index is 13.1. The van der Waals surface area contributed by atoms with Crippen LogP contribution in [0.25, 0.3) is 0 Å². The standard InChI is InChI=1S/C18H35NO/c1-11(2)9-16(12(3)4)18(20)19-15(8)14(7)10-17(19)13(5)6/h11-17H,9-10H2,1-8H3/t14?,15?,16?,17-/m0/s1. The van der Waals surface area contributed by atoms with Crippen LogP contribution in [0, 0.1) is 29.6 Å². The van der Waals surface area contributed by atoms with E-state index in [1.807, 2.05) is 0 Å². The predicted octanol–water partition coefficient (Wildman–Crippen LogP) is 4.59. The Labute approximate surface area is 126 Å². The molecule has 1 aliphatic rings. The van der Waals surface area contributed by atoms with E-state index in [4.69, 9.17) is 0 Å². The summed E-state index contributed by atoms with van der Waals surface area (Å²) in [5, 5.41) is 0. The van der Waals surface area contributed by atoms with Gasteiger partial charge in [0.1, 0.15) is 0 Å². The molecule has 0 aliphatic carbocycles. The third-order valence-electron chi connectivity index (χ3n) is 5.10. The number of carbonyl (C=O) groups is 1. The van der Waals surface area contributed by atoms with Crippen LogP contribution in [0.3, 0.4) is 0 Å². The average Bonchev–Trinajstić information content (AvgIpc) is 2.62. The summed E-state index contributed by atoms with van der Waals surface area (Å²) < 4.78 is 0. The molecular formula is C18H35NO. The van der Waals surface area contributed by atoms with Crippen molar-refractivity contribution in [1.82, 2.24) is 4.90 Å². The summed E-state index contributed by atoms with van der Waals surface area (Å²) in [4.78, 5) is 15.4. The van der Waals surface area contributed by atoms with E-state index in [0.717, 1.165) is 12.8 Å². The van der Waals surface area contributed by atoms with E-state index < -0.39 is 0 Å². The van der Waals surface area contributed by atoms with Gasteiger partial charge in [0.05, 0.1) is 0 Å². The SMILES string of the molecule is CC(C)CC(C(=O)N1C(C)C(C)C[C@H]1C(C)C)C(C)C. The molecule has 1 heterocycles. The molecule has 1 rings (SSSR count). The molecule has 0 aromatic rings. The molecule has 0 bridgehead atoms. The number of nitrogens with zero attached hydrogens (tertiary/aromatic N) is 1. The lowest BCUT2D eigenvalue weighted by Crippen LogP contribution is -2.47. The van der Waals surface area contributed by atoms with E-state index in [2.05, 4.69) is 60.3 Å². The highest BCUT2D eigenvalue weighted by atomic mass is 16.2. The number of carbonyl (C=O) groups excluding carboxylic acids is 1. The minimum absolute atomic E-state index is 0.184. The van der Waals surface area contributed by atoms with E-state index in [1.165, 1.54) is 0 Å². The van der Waals surface area contributed by atoms with Crippen LogP contribution in [-0.2, 0) is 4.79 Å². The van der Waals surface area contributed by atoms with E-state index in [0.29, 0.717) is 41.7 Å². The molecule has 3 unspecified atom stereocenters. The minimum Gasteiger partial charge on any atom is -0.336 e.